The monoisotopic (exact) mass is 426 g/mol. The average Bonchev–Trinajstić information content (AvgIpc) is 2.75. The molecule has 0 heterocycles. The Balaban J connectivity index is 2.04. The van der Waals surface area contributed by atoms with Crippen LogP contribution in [0.25, 0.3) is 6.08 Å². The van der Waals surface area contributed by atoms with Crippen molar-refractivity contribution < 1.29 is 19.4 Å². The van der Waals surface area contributed by atoms with E-state index in [-0.39, 0.29) is 5.97 Å². The number of carboxylic acids is 1. The molecule has 4 heteroatoms. The van der Waals surface area contributed by atoms with E-state index in [4.69, 9.17) is 9.84 Å². The second-order valence-electron chi connectivity index (χ2n) is 7.70. The molecule has 1 aromatic rings. The summed E-state index contributed by atoms with van der Waals surface area (Å²) in [4.78, 5) is 22.6. The predicted octanol–water partition coefficient (Wildman–Crippen LogP) is 7.50. The number of benzene rings is 1. The highest BCUT2D eigenvalue weighted by molar-refractivity contribution is 5.85. The molecule has 0 aliphatic rings. The third-order valence-electron chi connectivity index (χ3n) is 4.84. The van der Waals surface area contributed by atoms with Gasteiger partial charge in [0.05, 0.1) is 0 Å². The smallest absolute Gasteiger partial charge is 0.328 e. The first kappa shape index (κ1) is 26.4. The van der Waals surface area contributed by atoms with Crippen LogP contribution in [0, 0.1) is 0 Å². The molecule has 0 saturated carbocycles. The minimum Gasteiger partial charge on any atom is -0.478 e. The lowest BCUT2D eigenvalue weighted by Crippen LogP contribution is -2.07. The Hall–Kier alpha value is -2.62. The van der Waals surface area contributed by atoms with E-state index in [0.717, 1.165) is 38.2 Å². The SMILES string of the molecule is CCCCC/C=C\C/C=C\CCCCCCCC(=O)Oc1cccc(C=CC(=O)O)c1. The zero-order valence-corrected chi connectivity index (χ0v) is 18.9. The Morgan fingerprint density at radius 1 is 0.903 bits per heavy atom. The van der Waals surface area contributed by atoms with Gasteiger partial charge in [0.15, 0.2) is 0 Å². The molecule has 0 fully saturated rings. The minimum atomic E-state index is -1.01. The van der Waals surface area contributed by atoms with Gasteiger partial charge >= 0.3 is 11.9 Å². The summed E-state index contributed by atoms with van der Waals surface area (Å²) >= 11 is 0. The maximum absolute atomic E-state index is 12.0. The Labute approximate surface area is 187 Å². The number of aliphatic carboxylic acids is 1. The molecule has 1 rings (SSSR count). The average molecular weight is 427 g/mol. The van der Waals surface area contributed by atoms with Crippen molar-refractivity contribution in [3.63, 3.8) is 0 Å². The molecule has 31 heavy (non-hydrogen) atoms. The summed E-state index contributed by atoms with van der Waals surface area (Å²) in [6.45, 7) is 2.23. The molecule has 0 atom stereocenters. The Bertz CT molecular complexity index is 716. The molecule has 0 aromatic heterocycles. The van der Waals surface area contributed by atoms with Gasteiger partial charge in [0, 0.05) is 12.5 Å². The van der Waals surface area contributed by atoms with Gasteiger partial charge in [0.25, 0.3) is 0 Å². The zero-order chi connectivity index (χ0) is 22.6. The Morgan fingerprint density at radius 3 is 2.29 bits per heavy atom. The summed E-state index contributed by atoms with van der Waals surface area (Å²) in [6.07, 6.45) is 24.6. The molecule has 0 aliphatic carbocycles. The first-order valence-electron chi connectivity index (χ1n) is 11.6. The molecule has 0 amide bonds. The Kier molecular flexibility index (Phi) is 15.5. The zero-order valence-electron chi connectivity index (χ0n) is 18.9. The number of carbonyl (C=O) groups excluding carboxylic acids is 1. The highest BCUT2D eigenvalue weighted by Gasteiger charge is 2.05. The van der Waals surface area contributed by atoms with Crippen molar-refractivity contribution in [2.75, 3.05) is 0 Å². The van der Waals surface area contributed by atoms with Crippen LogP contribution in [-0.2, 0) is 9.59 Å². The standard InChI is InChI=1S/C27H38O4/c1-2-3-4-5-6-7-8-9-10-11-12-13-14-15-16-20-27(30)31-25-19-17-18-24(23-25)21-22-26(28)29/h6-7,9-10,17-19,21-23H,2-5,8,11-16,20H2,1H3,(H,28,29)/b7-6-,10-9-,22-21?. The summed E-state index contributed by atoms with van der Waals surface area (Å²) < 4.78 is 5.35. The fourth-order valence-corrected chi connectivity index (χ4v) is 3.11. The van der Waals surface area contributed by atoms with E-state index in [1.807, 2.05) is 0 Å². The quantitative estimate of drug-likeness (QED) is 0.0920. The normalized spacial score (nSPS) is 11.6. The van der Waals surface area contributed by atoms with Gasteiger partial charge < -0.3 is 9.84 Å². The lowest BCUT2D eigenvalue weighted by Gasteiger charge is -2.05. The van der Waals surface area contributed by atoms with Gasteiger partial charge in [-0.15, -0.1) is 0 Å². The molecule has 0 bridgehead atoms. The first-order chi connectivity index (χ1) is 15.1. The van der Waals surface area contributed by atoms with Gasteiger partial charge in [0.2, 0.25) is 0 Å². The highest BCUT2D eigenvalue weighted by atomic mass is 16.5. The van der Waals surface area contributed by atoms with Crippen LogP contribution < -0.4 is 4.74 Å². The largest absolute Gasteiger partial charge is 0.478 e. The number of allylic oxidation sites excluding steroid dienone is 4. The number of ether oxygens (including phenoxy) is 1. The maximum atomic E-state index is 12.0. The summed E-state index contributed by atoms with van der Waals surface area (Å²) in [5.41, 5.74) is 0.685. The van der Waals surface area contributed by atoms with Crippen LogP contribution in [0.1, 0.15) is 89.5 Å². The van der Waals surface area contributed by atoms with Crippen molar-refractivity contribution in [3.8, 4) is 5.75 Å². The van der Waals surface area contributed by atoms with E-state index in [1.165, 1.54) is 44.6 Å². The fraction of sp³-hybridized carbons (Fsp3) is 0.481. The van der Waals surface area contributed by atoms with Gasteiger partial charge in [-0.1, -0.05) is 75.5 Å². The minimum absolute atomic E-state index is 0.245. The number of rotatable bonds is 17. The van der Waals surface area contributed by atoms with Crippen LogP contribution in [0.4, 0.5) is 0 Å². The van der Waals surface area contributed by atoms with E-state index >= 15 is 0 Å². The van der Waals surface area contributed by atoms with Crippen molar-refractivity contribution in [2.45, 2.75) is 84.0 Å². The molecule has 170 valence electrons. The van der Waals surface area contributed by atoms with E-state index in [0.29, 0.717) is 17.7 Å². The number of hydrogen-bond acceptors (Lipinski definition) is 3. The van der Waals surface area contributed by atoms with E-state index in [9.17, 15) is 9.59 Å². The number of esters is 1. The summed E-state index contributed by atoms with van der Waals surface area (Å²) in [7, 11) is 0. The van der Waals surface area contributed by atoms with E-state index < -0.39 is 5.97 Å². The van der Waals surface area contributed by atoms with Crippen molar-refractivity contribution in [2.24, 2.45) is 0 Å². The molecule has 0 aliphatic heterocycles. The maximum Gasteiger partial charge on any atom is 0.328 e. The third-order valence-corrected chi connectivity index (χ3v) is 4.84. The van der Waals surface area contributed by atoms with Crippen LogP contribution in [0.5, 0.6) is 5.75 Å². The second kappa shape index (κ2) is 18.2. The van der Waals surface area contributed by atoms with Crippen molar-refractivity contribution in [3.05, 3.63) is 60.2 Å². The predicted molar refractivity (Wildman–Crippen MR) is 128 cm³/mol. The van der Waals surface area contributed by atoms with Crippen molar-refractivity contribution in [1.29, 1.82) is 0 Å². The number of carbonyl (C=O) groups is 2. The summed E-state index contributed by atoms with van der Waals surface area (Å²) in [5, 5.41) is 8.67. The van der Waals surface area contributed by atoms with Crippen LogP contribution in [0.15, 0.2) is 54.6 Å². The number of unbranched alkanes of at least 4 members (excludes halogenated alkanes) is 8. The topological polar surface area (TPSA) is 63.6 Å². The van der Waals surface area contributed by atoms with Crippen LogP contribution in [0.2, 0.25) is 0 Å². The van der Waals surface area contributed by atoms with Crippen molar-refractivity contribution in [1.82, 2.24) is 0 Å². The van der Waals surface area contributed by atoms with E-state index in [1.54, 1.807) is 24.3 Å². The van der Waals surface area contributed by atoms with Crippen LogP contribution >= 0.6 is 0 Å². The van der Waals surface area contributed by atoms with Crippen LogP contribution in [0.3, 0.4) is 0 Å². The molecule has 1 aromatic carbocycles. The first-order valence-corrected chi connectivity index (χ1v) is 11.6. The second-order valence-corrected chi connectivity index (χ2v) is 7.70. The molecule has 1 N–H and O–H groups in total. The van der Waals surface area contributed by atoms with Gasteiger partial charge in [-0.25, -0.2) is 4.79 Å². The van der Waals surface area contributed by atoms with Gasteiger partial charge in [-0.3, -0.25) is 4.79 Å². The van der Waals surface area contributed by atoms with Crippen LogP contribution in [-0.4, -0.2) is 17.0 Å². The lowest BCUT2D eigenvalue weighted by atomic mass is 10.1. The summed E-state index contributed by atoms with van der Waals surface area (Å²) in [5.74, 6) is -0.811. The fourth-order valence-electron chi connectivity index (χ4n) is 3.11. The molecule has 0 radical (unpaired) electrons. The van der Waals surface area contributed by atoms with E-state index in [2.05, 4.69) is 31.2 Å². The summed E-state index contributed by atoms with van der Waals surface area (Å²) in [6, 6.07) is 6.86. The Morgan fingerprint density at radius 2 is 1.58 bits per heavy atom. The molecular weight excluding hydrogens is 388 g/mol. The molecule has 0 saturated heterocycles. The molecular formula is C27H38O4. The van der Waals surface area contributed by atoms with Gasteiger partial charge in [0.1, 0.15) is 5.75 Å². The van der Waals surface area contributed by atoms with Gasteiger partial charge in [-0.2, -0.15) is 0 Å². The molecule has 4 nitrogen and oxygen atoms in total. The molecule has 0 spiro atoms. The number of hydrogen-bond donors (Lipinski definition) is 1. The van der Waals surface area contributed by atoms with Gasteiger partial charge in [-0.05, 0) is 62.3 Å². The highest BCUT2D eigenvalue weighted by Crippen LogP contribution is 2.16. The lowest BCUT2D eigenvalue weighted by molar-refractivity contribution is -0.134. The third kappa shape index (κ3) is 15.8. The molecule has 0 unspecified atom stereocenters. The van der Waals surface area contributed by atoms with Crippen molar-refractivity contribution >= 4 is 18.0 Å². The number of carboxylic acid groups (broad SMARTS) is 1.